The molecular formula is C16H18N4O. The number of fused-ring (bicyclic) bond motifs is 1. The summed E-state index contributed by atoms with van der Waals surface area (Å²) in [5.41, 5.74) is 1.21. The van der Waals surface area contributed by atoms with E-state index in [4.69, 9.17) is 4.74 Å². The van der Waals surface area contributed by atoms with Crippen molar-refractivity contribution in [2.45, 2.75) is 6.42 Å². The number of aromatic nitrogens is 3. The highest BCUT2D eigenvalue weighted by Crippen LogP contribution is 2.25. The lowest BCUT2D eigenvalue weighted by Crippen LogP contribution is -2.06. The maximum atomic E-state index is 5.25. The molecule has 0 spiro atoms. The van der Waals surface area contributed by atoms with Crippen molar-refractivity contribution in [3.63, 3.8) is 0 Å². The molecule has 0 aliphatic carbocycles. The molecule has 5 heteroatoms. The molecule has 0 saturated carbocycles. The average molecular weight is 282 g/mol. The van der Waals surface area contributed by atoms with Crippen LogP contribution in [0.3, 0.4) is 0 Å². The zero-order valence-corrected chi connectivity index (χ0v) is 12.2. The van der Waals surface area contributed by atoms with Crippen LogP contribution in [0, 0.1) is 0 Å². The molecule has 0 radical (unpaired) electrons. The molecule has 0 bridgehead atoms. The Kier molecular flexibility index (Phi) is 3.73. The maximum absolute atomic E-state index is 5.25. The normalized spacial score (nSPS) is 10.8. The molecule has 0 saturated heterocycles. The number of nitrogens with zero attached hydrogens (tertiary/aromatic N) is 3. The van der Waals surface area contributed by atoms with Gasteiger partial charge in [-0.2, -0.15) is 5.10 Å². The highest BCUT2D eigenvalue weighted by Gasteiger charge is 2.04. The summed E-state index contributed by atoms with van der Waals surface area (Å²) in [5.74, 6) is 1.76. The SMILES string of the molecule is COc1ccc2c(NCCc3cnn(C)c3)nccc2c1. The van der Waals surface area contributed by atoms with Crippen LogP contribution in [0.15, 0.2) is 42.9 Å². The van der Waals surface area contributed by atoms with Gasteiger partial charge in [-0.1, -0.05) is 0 Å². The van der Waals surface area contributed by atoms with Crippen LogP contribution >= 0.6 is 0 Å². The first-order valence-corrected chi connectivity index (χ1v) is 6.90. The van der Waals surface area contributed by atoms with E-state index in [9.17, 15) is 0 Å². The second-order valence-corrected chi connectivity index (χ2v) is 4.95. The molecule has 0 aliphatic heterocycles. The lowest BCUT2D eigenvalue weighted by Gasteiger charge is -2.09. The molecule has 108 valence electrons. The lowest BCUT2D eigenvalue weighted by atomic mass is 10.1. The van der Waals surface area contributed by atoms with Crippen LogP contribution < -0.4 is 10.1 Å². The summed E-state index contributed by atoms with van der Waals surface area (Å²) in [4.78, 5) is 4.43. The molecular weight excluding hydrogens is 264 g/mol. The number of rotatable bonds is 5. The van der Waals surface area contributed by atoms with Gasteiger partial charge in [0, 0.05) is 31.4 Å². The van der Waals surface area contributed by atoms with Crippen molar-refractivity contribution < 1.29 is 4.74 Å². The highest BCUT2D eigenvalue weighted by atomic mass is 16.5. The fourth-order valence-electron chi connectivity index (χ4n) is 2.35. The fraction of sp³-hybridized carbons (Fsp3) is 0.250. The maximum Gasteiger partial charge on any atom is 0.133 e. The predicted molar refractivity (Wildman–Crippen MR) is 83.7 cm³/mol. The lowest BCUT2D eigenvalue weighted by molar-refractivity contribution is 0.415. The molecule has 0 amide bonds. The largest absolute Gasteiger partial charge is 0.497 e. The topological polar surface area (TPSA) is 52.0 Å². The smallest absolute Gasteiger partial charge is 0.133 e. The van der Waals surface area contributed by atoms with E-state index in [1.807, 2.05) is 54.6 Å². The Morgan fingerprint density at radius 2 is 2.19 bits per heavy atom. The van der Waals surface area contributed by atoms with Crippen molar-refractivity contribution in [3.05, 3.63) is 48.4 Å². The number of benzene rings is 1. The van der Waals surface area contributed by atoms with E-state index in [1.54, 1.807) is 7.11 Å². The van der Waals surface area contributed by atoms with E-state index in [1.165, 1.54) is 5.56 Å². The summed E-state index contributed by atoms with van der Waals surface area (Å²) in [6.45, 7) is 0.823. The highest BCUT2D eigenvalue weighted by molar-refractivity contribution is 5.92. The third-order valence-corrected chi connectivity index (χ3v) is 3.44. The summed E-state index contributed by atoms with van der Waals surface area (Å²) in [5, 5.41) is 9.78. The molecule has 5 nitrogen and oxygen atoms in total. The summed E-state index contributed by atoms with van der Waals surface area (Å²) >= 11 is 0. The van der Waals surface area contributed by atoms with E-state index in [2.05, 4.69) is 15.4 Å². The number of hydrogen-bond acceptors (Lipinski definition) is 4. The van der Waals surface area contributed by atoms with Crippen molar-refractivity contribution in [2.24, 2.45) is 7.05 Å². The molecule has 21 heavy (non-hydrogen) atoms. The first-order chi connectivity index (χ1) is 10.3. The molecule has 0 fully saturated rings. The van der Waals surface area contributed by atoms with Gasteiger partial charge in [-0.05, 0) is 41.6 Å². The second-order valence-electron chi connectivity index (χ2n) is 4.95. The van der Waals surface area contributed by atoms with Crippen molar-refractivity contribution in [1.29, 1.82) is 0 Å². The zero-order valence-electron chi connectivity index (χ0n) is 12.2. The van der Waals surface area contributed by atoms with E-state index in [-0.39, 0.29) is 0 Å². The van der Waals surface area contributed by atoms with Crippen LogP contribution in [-0.2, 0) is 13.5 Å². The Morgan fingerprint density at radius 3 is 2.95 bits per heavy atom. The Hall–Kier alpha value is -2.56. The summed E-state index contributed by atoms with van der Waals surface area (Å²) in [7, 11) is 3.60. The standard InChI is InChI=1S/C16H18N4O/c1-20-11-12(10-19-20)5-7-17-16-15-4-3-14(21-2)9-13(15)6-8-18-16/h3-4,6,8-11H,5,7H2,1-2H3,(H,17,18). The Bertz CT molecular complexity index is 751. The van der Waals surface area contributed by atoms with Crippen molar-refractivity contribution >= 4 is 16.6 Å². The van der Waals surface area contributed by atoms with Gasteiger partial charge in [-0.15, -0.1) is 0 Å². The van der Waals surface area contributed by atoms with Gasteiger partial charge in [0.05, 0.1) is 13.3 Å². The van der Waals surface area contributed by atoms with Gasteiger partial charge in [-0.25, -0.2) is 4.98 Å². The van der Waals surface area contributed by atoms with Gasteiger partial charge in [0.1, 0.15) is 11.6 Å². The quantitative estimate of drug-likeness (QED) is 0.781. The molecule has 0 unspecified atom stereocenters. The number of anilines is 1. The van der Waals surface area contributed by atoms with Gasteiger partial charge in [0.25, 0.3) is 0 Å². The summed E-state index contributed by atoms with van der Waals surface area (Å²) < 4.78 is 7.07. The fourth-order valence-corrected chi connectivity index (χ4v) is 2.35. The third-order valence-electron chi connectivity index (χ3n) is 3.44. The minimum atomic E-state index is 0.823. The number of ether oxygens (including phenoxy) is 1. The number of pyridine rings is 1. The molecule has 0 aliphatic rings. The molecule has 0 atom stereocenters. The third kappa shape index (κ3) is 2.97. The van der Waals surface area contributed by atoms with Crippen LogP contribution in [0.4, 0.5) is 5.82 Å². The molecule has 3 aromatic rings. The first-order valence-electron chi connectivity index (χ1n) is 6.90. The zero-order chi connectivity index (χ0) is 14.7. The van der Waals surface area contributed by atoms with Crippen LogP contribution in [0.25, 0.3) is 10.8 Å². The van der Waals surface area contributed by atoms with Crippen LogP contribution in [0.2, 0.25) is 0 Å². The van der Waals surface area contributed by atoms with Gasteiger partial charge in [0.2, 0.25) is 0 Å². The van der Waals surface area contributed by atoms with E-state index < -0.39 is 0 Å². The Morgan fingerprint density at radius 1 is 1.29 bits per heavy atom. The number of methoxy groups -OCH3 is 1. The van der Waals surface area contributed by atoms with Crippen LogP contribution in [0.1, 0.15) is 5.56 Å². The molecule has 2 heterocycles. The minimum Gasteiger partial charge on any atom is -0.497 e. The molecule has 1 N–H and O–H groups in total. The van der Waals surface area contributed by atoms with Crippen LogP contribution in [-0.4, -0.2) is 28.4 Å². The van der Waals surface area contributed by atoms with Gasteiger partial charge in [-0.3, -0.25) is 4.68 Å². The van der Waals surface area contributed by atoms with E-state index in [0.29, 0.717) is 0 Å². The van der Waals surface area contributed by atoms with Crippen LogP contribution in [0.5, 0.6) is 5.75 Å². The van der Waals surface area contributed by atoms with E-state index >= 15 is 0 Å². The van der Waals surface area contributed by atoms with Crippen molar-refractivity contribution in [2.75, 3.05) is 19.0 Å². The predicted octanol–water partition coefficient (Wildman–Crippen LogP) is 2.63. The molecule has 2 aromatic heterocycles. The van der Waals surface area contributed by atoms with Gasteiger partial charge < -0.3 is 10.1 Å². The summed E-state index contributed by atoms with van der Waals surface area (Å²) in [6.07, 6.45) is 6.66. The Labute approximate surface area is 123 Å². The molecule has 1 aromatic carbocycles. The summed E-state index contributed by atoms with van der Waals surface area (Å²) in [6, 6.07) is 8.00. The Balaban J connectivity index is 1.74. The number of aryl methyl sites for hydroxylation is 1. The van der Waals surface area contributed by atoms with Crippen molar-refractivity contribution in [1.82, 2.24) is 14.8 Å². The van der Waals surface area contributed by atoms with Gasteiger partial charge in [0.15, 0.2) is 0 Å². The van der Waals surface area contributed by atoms with E-state index in [0.717, 1.165) is 35.3 Å². The molecule has 3 rings (SSSR count). The number of nitrogens with one attached hydrogen (secondary N) is 1. The average Bonchev–Trinajstić information content (AvgIpc) is 2.92. The first kappa shape index (κ1) is 13.4. The monoisotopic (exact) mass is 282 g/mol. The van der Waals surface area contributed by atoms with Crippen molar-refractivity contribution in [3.8, 4) is 5.75 Å². The number of hydrogen-bond donors (Lipinski definition) is 1. The minimum absolute atomic E-state index is 0.823. The second kappa shape index (κ2) is 5.83. The van der Waals surface area contributed by atoms with Gasteiger partial charge >= 0.3 is 0 Å².